The van der Waals surface area contributed by atoms with Gasteiger partial charge in [-0.1, -0.05) is 13.3 Å². The minimum Gasteiger partial charge on any atom is -0.384 e. The lowest BCUT2D eigenvalue weighted by atomic mass is 10.3. The van der Waals surface area contributed by atoms with Gasteiger partial charge in [-0.25, -0.2) is 9.97 Å². The average molecular weight is 238 g/mol. The van der Waals surface area contributed by atoms with Crippen molar-refractivity contribution in [3.8, 4) is 0 Å². The fourth-order valence-electron chi connectivity index (χ4n) is 1.42. The van der Waals surface area contributed by atoms with Crippen molar-refractivity contribution in [3.05, 3.63) is 11.9 Å². The van der Waals surface area contributed by atoms with Crippen LogP contribution in [0.2, 0.25) is 0 Å². The number of nitrogen functional groups attached to an aromatic ring is 1. The summed E-state index contributed by atoms with van der Waals surface area (Å²) in [5.41, 5.74) is 5.63. The summed E-state index contributed by atoms with van der Waals surface area (Å²) >= 11 is 0. The Balaban J connectivity index is 2.13. The molecule has 5 nitrogen and oxygen atoms in total. The second-order valence-electron chi connectivity index (χ2n) is 3.97. The first-order valence-electron chi connectivity index (χ1n) is 6.15. The molecule has 17 heavy (non-hydrogen) atoms. The molecule has 0 saturated heterocycles. The maximum Gasteiger partial charge on any atom is 0.131 e. The van der Waals surface area contributed by atoms with Gasteiger partial charge in [0.1, 0.15) is 17.5 Å². The van der Waals surface area contributed by atoms with E-state index in [9.17, 15) is 0 Å². The van der Waals surface area contributed by atoms with E-state index in [2.05, 4.69) is 22.2 Å². The summed E-state index contributed by atoms with van der Waals surface area (Å²) in [5, 5.41) is 3.21. The number of aryl methyl sites for hydroxylation is 1. The molecule has 0 fully saturated rings. The van der Waals surface area contributed by atoms with Gasteiger partial charge in [-0.05, 0) is 19.8 Å². The number of hydrogen-bond acceptors (Lipinski definition) is 5. The minimum atomic E-state index is 0.499. The van der Waals surface area contributed by atoms with Crippen molar-refractivity contribution < 1.29 is 4.74 Å². The molecule has 0 saturated carbocycles. The molecule has 0 radical (unpaired) electrons. The lowest BCUT2D eigenvalue weighted by molar-refractivity contribution is 0.131. The smallest absolute Gasteiger partial charge is 0.131 e. The molecular weight excluding hydrogens is 216 g/mol. The Morgan fingerprint density at radius 1 is 1.29 bits per heavy atom. The quantitative estimate of drug-likeness (QED) is 0.677. The van der Waals surface area contributed by atoms with Crippen molar-refractivity contribution in [2.24, 2.45) is 0 Å². The Kier molecular flexibility index (Phi) is 6.32. The van der Waals surface area contributed by atoms with Crippen molar-refractivity contribution in [1.82, 2.24) is 9.97 Å². The highest BCUT2D eigenvalue weighted by Crippen LogP contribution is 2.07. The zero-order chi connectivity index (χ0) is 12.5. The highest BCUT2D eigenvalue weighted by Gasteiger charge is 1.98. The van der Waals surface area contributed by atoms with Crippen LogP contribution in [0.3, 0.4) is 0 Å². The molecule has 0 aliphatic heterocycles. The summed E-state index contributed by atoms with van der Waals surface area (Å²) in [7, 11) is 0. The van der Waals surface area contributed by atoms with Gasteiger partial charge in [0.25, 0.3) is 0 Å². The Bertz CT molecular complexity index is 310. The topological polar surface area (TPSA) is 73.1 Å². The molecule has 0 aromatic carbocycles. The van der Waals surface area contributed by atoms with E-state index in [0.29, 0.717) is 11.6 Å². The Morgan fingerprint density at radius 3 is 2.76 bits per heavy atom. The van der Waals surface area contributed by atoms with Gasteiger partial charge in [-0.15, -0.1) is 0 Å². The molecule has 3 N–H and O–H groups in total. The van der Waals surface area contributed by atoms with Gasteiger partial charge in [0.2, 0.25) is 0 Å². The summed E-state index contributed by atoms with van der Waals surface area (Å²) in [4.78, 5) is 8.25. The number of hydrogen-bond donors (Lipinski definition) is 2. The van der Waals surface area contributed by atoms with Crippen LogP contribution in [-0.2, 0) is 4.74 Å². The van der Waals surface area contributed by atoms with E-state index >= 15 is 0 Å². The molecule has 0 bridgehead atoms. The van der Waals surface area contributed by atoms with Gasteiger partial charge >= 0.3 is 0 Å². The van der Waals surface area contributed by atoms with Crippen LogP contribution in [0, 0.1) is 6.92 Å². The zero-order valence-corrected chi connectivity index (χ0v) is 10.7. The SMILES string of the molecule is CCCCOCCCNc1cc(N)nc(C)n1. The monoisotopic (exact) mass is 238 g/mol. The molecule has 1 rings (SSSR count). The van der Waals surface area contributed by atoms with Crippen molar-refractivity contribution in [2.45, 2.75) is 33.1 Å². The van der Waals surface area contributed by atoms with Crippen LogP contribution < -0.4 is 11.1 Å². The number of nitrogens with zero attached hydrogens (tertiary/aromatic N) is 2. The van der Waals surface area contributed by atoms with Gasteiger partial charge in [0.05, 0.1) is 0 Å². The lowest BCUT2D eigenvalue weighted by Crippen LogP contribution is -2.09. The van der Waals surface area contributed by atoms with E-state index < -0.39 is 0 Å². The molecule has 1 aromatic rings. The number of unbranched alkanes of at least 4 members (excludes halogenated alkanes) is 1. The van der Waals surface area contributed by atoms with E-state index in [1.807, 2.05) is 6.92 Å². The number of anilines is 2. The maximum atomic E-state index is 5.63. The highest BCUT2D eigenvalue weighted by atomic mass is 16.5. The van der Waals surface area contributed by atoms with Gasteiger partial charge in [0.15, 0.2) is 0 Å². The number of rotatable bonds is 8. The first kappa shape index (κ1) is 13.7. The third kappa shape index (κ3) is 6.06. The molecule has 0 aliphatic carbocycles. The van der Waals surface area contributed by atoms with Crippen molar-refractivity contribution in [1.29, 1.82) is 0 Å². The summed E-state index contributed by atoms with van der Waals surface area (Å²) < 4.78 is 5.46. The lowest BCUT2D eigenvalue weighted by Gasteiger charge is -2.07. The van der Waals surface area contributed by atoms with E-state index in [-0.39, 0.29) is 0 Å². The van der Waals surface area contributed by atoms with E-state index in [4.69, 9.17) is 10.5 Å². The average Bonchev–Trinajstić information content (AvgIpc) is 2.26. The molecule has 1 aromatic heterocycles. The van der Waals surface area contributed by atoms with Crippen LogP contribution in [0.1, 0.15) is 32.0 Å². The van der Waals surface area contributed by atoms with Crippen molar-refractivity contribution in [3.63, 3.8) is 0 Å². The Labute approximate surface area is 103 Å². The first-order valence-corrected chi connectivity index (χ1v) is 6.15. The first-order chi connectivity index (χ1) is 8.22. The van der Waals surface area contributed by atoms with Crippen LogP contribution in [-0.4, -0.2) is 29.7 Å². The van der Waals surface area contributed by atoms with Gasteiger partial charge in [0, 0.05) is 25.8 Å². The van der Waals surface area contributed by atoms with E-state index in [0.717, 1.165) is 38.4 Å². The van der Waals surface area contributed by atoms with Crippen LogP contribution in [0.15, 0.2) is 6.07 Å². The predicted molar refractivity (Wildman–Crippen MR) is 70.0 cm³/mol. The fourth-order valence-corrected chi connectivity index (χ4v) is 1.42. The molecule has 96 valence electrons. The van der Waals surface area contributed by atoms with E-state index in [1.165, 1.54) is 6.42 Å². The third-order valence-electron chi connectivity index (χ3n) is 2.27. The largest absolute Gasteiger partial charge is 0.384 e. The molecule has 0 spiro atoms. The summed E-state index contributed by atoms with van der Waals surface area (Å²) in [5.74, 6) is 1.97. The van der Waals surface area contributed by atoms with E-state index in [1.54, 1.807) is 6.07 Å². The van der Waals surface area contributed by atoms with Crippen molar-refractivity contribution >= 4 is 11.6 Å². The Morgan fingerprint density at radius 2 is 2.06 bits per heavy atom. The molecular formula is C12H22N4O. The minimum absolute atomic E-state index is 0.499. The molecule has 0 aliphatic rings. The standard InChI is InChI=1S/C12H22N4O/c1-3-4-7-17-8-5-6-14-12-9-11(13)15-10(2)16-12/h9H,3-8H2,1-2H3,(H3,13,14,15,16). The molecule has 1 heterocycles. The van der Waals surface area contributed by atoms with Crippen LogP contribution in [0.25, 0.3) is 0 Å². The van der Waals surface area contributed by atoms with Gasteiger partial charge in [-0.2, -0.15) is 0 Å². The number of nitrogens with two attached hydrogens (primary N) is 1. The second-order valence-corrected chi connectivity index (χ2v) is 3.97. The van der Waals surface area contributed by atoms with Crippen LogP contribution in [0.5, 0.6) is 0 Å². The highest BCUT2D eigenvalue weighted by molar-refractivity contribution is 5.44. The fraction of sp³-hybridized carbons (Fsp3) is 0.667. The van der Waals surface area contributed by atoms with Gasteiger partial charge < -0.3 is 15.8 Å². The molecule has 0 atom stereocenters. The van der Waals surface area contributed by atoms with Gasteiger partial charge in [-0.3, -0.25) is 0 Å². The zero-order valence-electron chi connectivity index (χ0n) is 10.7. The summed E-state index contributed by atoms with van der Waals surface area (Å²) in [6, 6.07) is 1.74. The van der Waals surface area contributed by atoms with Crippen LogP contribution in [0.4, 0.5) is 11.6 Å². The maximum absolute atomic E-state index is 5.63. The molecule has 0 amide bonds. The normalized spacial score (nSPS) is 10.5. The number of ether oxygens (including phenoxy) is 1. The second kappa shape index (κ2) is 7.84. The number of aromatic nitrogens is 2. The van der Waals surface area contributed by atoms with Crippen LogP contribution >= 0.6 is 0 Å². The predicted octanol–water partition coefficient (Wildman–Crippen LogP) is 1.99. The third-order valence-corrected chi connectivity index (χ3v) is 2.27. The molecule has 0 unspecified atom stereocenters. The van der Waals surface area contributed by atoms with Crippen molar-refractivity contribution in [2.75, 3.05) is 30.8 Å². The molecule has 5 heteroatoms. The number of nitrogens with one attached hydrogen (secondary N) is 1. The summed E-state index contributed by atoms with van der Waals surface area (Å²) in [6.07, 6.45) is 3.28. The Hall–Kier alpha value is -1.36. The summed E-state index contributed by atoms with van der Waals surface area (Å²) in [6.45, 7) is 6.47.